The van der Waals surface area contributed by atoms with Gasteiger partial charge in [-0.3, -0.25) is 4.79 Å². The molecule has 0 aliphatic carbocycles. The van der Waals surface area contributed by atoms with Crippen molar-refractivity contribution in [3.8, 4) is 0 Å². The lowest BCUT2D eigenvalue weighted by atomic mass is 10.2. The van der Waals surface area contributed by atoms with Crippen LogP contribution in [-0.4, -0.2) is 48.1 Å². The third-order valence-electron chi connectivity index (χ3n) is 2.86. The van der Waals surface area contributed by atoms with Gasteiger partial charge in [-0.25, -0.2) is 4.79 Å². The molecule has 0 saturated carbocycles. The van der Waals surface area contributed by atoms with Crippen molar-refractivity contribution in [2.75, 3.05) is 13.2 Å². The van der Waals surface area contributed by atoms with E-state index in [2.05, 4.69) is 0 Å². The molecule has 1 atom stereocenters. The second-order valence-electron chi connectivity index (χ2n) is 4.40. The number of nitrogens with zero attached hydrogens (tertiary/aromatic N) is 1. The van der Waals surface area contributed by atoms with E-state index in [-0.39, 0.29) is 30.9 Å². The predicted octanol–water partition coefficient (Wildman–Crippen LogP) is 2.13. The fourth-order valence-corrected chi connectivity index (χ4v) is 1.86. The summed E-state index contributed by atoms with van der Waals surface area (Å²) in [6, 6.07) is -1.37. The number of carbonyl (C=O) groups is 2. The summed E-state index contributed by atoms with van der Waals surface area (Å²) in [6.07, 6.45) is -5.32. The Bertz CT molecular complexity index is 383. The summed E-state index contributed by atoms with van der Waals surface area (Å²) in [5.41, 5.74) is 0. The fraction of sp³-hybridized carbons (Fsp3) is 0.818. The Morgan fingerprint density at radius 3 is 2.35 bits per heavy atom. The van der Waals surface area contributed by atoms with Crippen molar-refractivity contribution in [3.63, 3.8) is 0 Å². The van der Waals surface area contributed by atoms with Gasteiger partial charge in [0, 0.05) is 6.54 Å². The summed E-state index contributed by atoms with van der Waals surface area (Å²) in [6.45, 7) is 1.39. The maximum atomic E-state index is 13.0. The molecule has 9 heteroatoms. The molecule has 1 heterocycles. The Labute approximate surface area is 111 Å². The van der Waals surface area contributed by atoms with Gasteiger partial charge in [-0.2, -0.15) is 22.0 Å². The van der Waals surface area contributed by atoms with Gasteiger partial charge >= 0.3 is 24.0 Å². The number of halogens is 5. The molecule has 1 aliphatic heterocycles. The van der Waals surface area contributed by atoms with Gasteiger partial charge in [-0.15, -0.1) is 0 Å². The van der Waals surface area contributed by atoms with Crippen LogP contribution in [0.15, 0.2) is 0 Å². The zero-order valence-corrected chi connectivity index (χ0v) is 10.7. The summed E-state index contributed by atoms with van der Waals surface area (Å²) in [5.74, 6) is -8.85. The van der Waals surface area contributed by atoms with Crippen LogP contribution in [0.5, 0.6) is 0 Å². The van der Waals surface area contributed by atoms with E-state index in [0.717, 1.165) is 0 Å². The van der Waals surface area contributed by atoms with Gasteiger partial charge in [-0.05, 0) is 19.3 Å². The number of esters is 1. The monoisotopic (exact) mass is 303 g/mol. The van der Waals surface area contributed by atoms with Gasteiger partial charge in [0.1, 0.15) is 6.04 Å². The van der Waals surface area contributed by atoms with Crippen LogP contribution >= 0.6 is 0 Å². The van der Waals surface area contributed by atoms with E-state index in [0.29, 0.717) is 6.42 Å². The molecule has 0 aromatic rings. The van der Waals surface area contributed by atoms with E-state index >= 15 is 0 Å². The van der Waals surface area contributed by atoms with Crippen LogP contribution in [-0.2, 0) is 14.3 Å². The third kappa shape index (κ3) is 3.18. The van der Waals surface area contributed by atoms with Gasteiger partial charge in [0.2, 0.25) is 0 Å². The second kappa shape index (κ2) is 5.92. The van der Waals surface area contributed by atoms with Crippen molar-refractivity contribution in [3.05, 3.63) is 0 Å². The van der Waals surface area contributed by atoms with Gasteiger partial charge in [-0.1, -0.05) is 6.92 Å². The molecule has 116 valence electrons. The second-order valence-corrected chi connectivity index (χ2v) is 4.40. The van der Waals surface area contributed by atoms with E-state index in [4.69, 9.17) is 4.74 Å². The largest absolute Gasteiger partial charge is 0.464 e. The molecule has 1 amide bonds. The molecular weight excluding hydrogens is 289 g/mol. The molecule has 0 radical (unpaired) electrons. The first-order valence-corrected chi connectivity index (χ1v) is 6.05. The lowest BCUT2D eigenvalue weighted by molar-refractivity contribution is -0.274. The van der Waals surface area contributed by atoms with Crippen LogP contribution in [0.4, 0.5) is 22.0 Å². The summed E-state index contributed by atoms with van der Waals surface area (Å²) in [4.78, 5) is 23.2. The lowest BCUT2D eigenvalue weighted by Crippen LogP contribution is -2.55. The molecule has 0 bridgehead atoms. The van der Waals surface area contributed by atoms with Gasteiger partial charge in [0.25, 0.3) is 0 Å². The third-order valence-corrected chi connectivity index (χ3v) is 2.86. The van der Waals surface area contributed by atoms with Crippen LogP contribution in [0.25, 0.3) is 0 Å². The Hall–Kier alpha value is -1.41. The fourth-order valence-electron chi connectivity index (χ4n) is 1.86. The lowest BCUT2D eigenvalue weighted by Gasteiger charge is -2.28. The molecule has 0 aromatic heterocycles. The van der Waals surface area contributed by atoms with Gasteiger partial charge in [0.15, 0.2) is 0 Å². The minimum Gasteiger partial charge on any atom is -0.464 e. The molecule has 1 rings (SSSR count). The van der Waals surface area contributed by atoms with E-state index < -0.39 is 30.0 Å². The van der Waals surface area contributed by atoms with Crippen molar-refractivity contribution < 1.29 is 36.3 Å². The molecule has 1 unspecified atom stereocenters. The van der Waals surface area contributed by atoms with Gasteiger partial charge < -0.3 is 9.64 Å². The molecule has 0 N–H and O–H groups in total. The van der Waals surface area contributed by atoms with Crippen molar-refractivity contribution >= 4 is 11.9 Å². The molecule has 4 nitrogen and oxygen atoms in total. The van der Waals surface area contributed by atoms with Crippen LogP contribution in [0, 0.1) is 0 Å². The first-order valence-electron chi connectivity index (χ1n) is 6.05. The highest BCUT2D eigenvalue weighted by Crippen LogP contribution is 2.38. The van der Waals surface area contributed by atoms with Crippen LogP contribution < -0.4 is 0 Å². The smallest absolute Gasteiger partial charge is 0.463 e. The standard InChI is InChI=1S/C11H14F5NO3/c1-2-6-20-8(18)7-4-3-5-17(7)9(19)10(12,13)11(14,15)16/h7H,2-6H2,1H3. The zero-order valence-electron chi connectivity index (χ0n) is 10.7. The maximum absolute atomic E-state index is 13.0. The highest BCUT2D eigenvalue weighted by Gasteiger charge is 2.65. The Balaban J connectivity index is 2.84. The van der Waals surface area contributed by atoms with Gasteiger partial charge in [0.05, 0.1) is 6.61 Å². The first kappa shape index (κ1) is 16.6. The average molecular weight is 303 g/mol. The van der Waals surface area contributed by atoms with E-state index in [1.807, 2.05) is 0 Å². The van der Waals surface area contributed by atoms with Crippen LogP contribution in [0.3, 0.4) is 0 Å². The molecule has 0 aromatic carbocycles. The highest BCUT2D eigenvalue weighted by molar-refractivity contribution is 5.89. The van der Waals surface area contributed by atoms with E-state index in [9.17, 15) is 31.5 Å². The van der Waals surface area contributed by atoms with Crippen molar-refractivity contribution in [2.24, 2.45) is 0 Å². The average Bonchev–Trinajstić information content (AvgIpc) is 2.82. The highest BCUT2D eigenvalue weighted by atomic mass is 19.4. The number of amides is 1. The number of rotatable bonds is 4. The SMILES string of the molecule is CCCOC(=O)C1CCCN1C(=O)C(F)(F)C(F)(F)F. The normalized spacial score (nSPS) is 20.1. The number of hydrogen-bond acceptors (Lipinski definition) is 3. The van der Waals surface area contributed by atoms with Crippen molar-refractivity contribution in [2.45, 2.75) is 44.3 Å². The number of ether oxygens (including phenoxy) is 1. The quantitative estimate of drug-likeness (QED) is 0.590. The molecule has 20 heavy (non-hydrogen) atoms. The minimum absolute atomic E-state index is 0.0161. The van der Waals surface area contributed by atoms with Crippen molar-refractivity contribution in [1.82, 2.24) is 4.90 Å². The number of likely N-dealkylation sites (tertiary alicyclic amines) is 1. The summed E-state index contributed by atoms with van der Waals surface area (Å²) in [7, 11) is 0. The topological polar surface area (TPSA) is 46.6 Å². The molecule has 1 saturated heterocycles. The number of carbonyl (C=O) groups excluding carboxylic acids is 2. The molecule has 1 aliphatic rings. The minimum atomic E-state index is -5.98. The number of hydrogen-bond donors (Lipinski definition) is 0. The zero-order chi connectivity index (χ0) is 15.6. The van der Waals surface area contributed by atoms with Crippen molar-refractivity contribution in [1.29, 1.82) is 0 Å². The molecule has 1 fully saturated rings. The Morgan fingerprint density at radius 1 is 1.25 bits per heavy atom. The molecule has 0 spiro atoms. The summed E-state index contributed by atoms with van der Waals surface area (Å²) in [5, 5.41) is 0. The maximum Gasteiger partial charge on any atom is 0.463 e. The predicted molar refractivity (Wildman–Crippen MR) is 57.0 cm³/mol. The van der Waals surface area contributed by atoms with E-state index in [1.165, 1.54) is 0 Å². The first-order chi connectivity index (χ1) is 9.13. The summed E-state index contributed by atoms with van der Waals surface area (Å²) >= 11 is 0. The number of alkyl halides is 5. The Morgan fingerprint density at radius 2 is 1.85 bits per heavy atom. The Kier molecular flexibility index (Phi) is 4.93. The summed E-state index contributed by atoms with van der Waals surface area (Å²) < 4.78 is 67.2. The van der Waals surface area contributed by atoms with Crippen LogP contribution in [0.1, 0.15) is 26.2 Å². The van der Waals surface area contributed by atoms with Crippen LogP contribution in [0.2, 0.25) is 0 Å². The molecular formula is C11H14F5NO3. The van der Waals surface area contributed by atoms with E-state index in [1.54, 1.807) is 6.92 Å².